The van der Waals surface area contributed by atoms with E-state index in [1.54, 1.807) is 13.8 Å². The number of hydrogen-bond acceptors (Lipinski definition) is 4. The molecule has 0 spiro atoms. The van der Waals surface area contributed by atoms with Crippen LogP contribution < -0.4 is 9.64 Å². The average molecular weight is 314 g/mol. The molecule has 0 radical (unpaired) electrons. The van der Waals surface area contributed by atoms with E-state index in [1.165, 1.54) is 12.1 Å². The zero-order valence-corrected chi connectivity index (χ0v) is 12.9. The van der Waals surface area contributed by atoms with Crippen molar-refractivity contribution < 1.29 is 18.7 Å². The minimum Gasteiger partial charge on any atom is -0.488 e. The average Bonchev–Trinajstić information content (AvgIpc) is 2.81. The van der Waals surface area contributed by atoms with E-state index in [-0.39, 0.29) is 30.0 Å². The molecule has 1 aliphatic heterocycles. The monoisotopic (exact) mass is 314 g/mol. The minimum absolute atomic E-state index is 0.0189. The fourth-order valence-corrected chi connectivity index (χ4v) is 2.26. The van der Waals surface area contributed by atoms with Crippen molar-refractivity contribution in [3.63, 3.8) is 0 Å². The number of allylic oxidation sites excluding steroid dienone is 1. The number of benzene rings is 1. The Balaban J connectivity index is 2.53. The van der Waals surface area contributed by atoms with Crippen molar-refractivity contribution in [1.82, 2.24) is 0 Å². The Morgan fingerprint density at radius 2 is 2.17 bits per heavy atom. The molecule has 0 unspecified atom stereocenters. The molecular formula is C17H15FN2O3. The molecule has 1 aliphatic rings. The number of hydrogen-bond donors (Lipinski definition) is 0. The molecule has 2 amide bonds. The van der Waals surface area contributed by atoms with Crippen LogP contribution in [0.1, 0.15) is 25.8 Å². The van der Waals surface area contributed by atoms with Crippen LogP contribution in [-0.2, 0) is 9.59 Å². The first kappa shape index (κ1) is 16.4. The van der Waals surface area contributed by atoms with Crippen LogP contribution in [0.25, 0.3) is 0 Å². The molecule has 118 valence electrons. The maximum absolute atomic E-state index is 14.3. The third-order valence-corrected chi connectivity index (χ3v) is 3.41. The lowest BCUT2D eigenvalue weighted by atomic mass is 10.1. The second kappa shape index (κ2) is 6.44. The Hall–Kier alpha value is -2.94. The number of rotatable bonds is 4. The Morgan fingerprint density at radius 3 is 2.70 bits per heavy atom. The molecule has 0 aromatic heterocycles. The topological polar surface area (TPSA) is 70.4 Å². The van der Waals surface area contributed by atoms with Gasteiger partial charge in [0.15, 0.2) is 0 Å². The summed E-state index contributed by atoms with van der Waals surface area (Å²) in [5.41, 5.74) is 0.833. The predicted molar refractivity (Wildman–Crippen MR) is 82.3 cm³/mol. The van der Waals surface area contributed by atoms with E-state index in [1.807, 2.05) is 6.07 Å². The molecule has 6 heteroatoms. The number of nitriles is 1. The summed E-state index contributed by atoms with van der Waals surface area (Å²) in [5.74, 6) is -1.79. The third kappa shape index (κ3) is 2.99. The van der Waals surface area contributed by atoms with Crippen LogP contribution in [0.3, 0.4) is 0 Å². The number of carbonyl (C=O) groups excluding carboxylic acids is 2. The number of anilines is 1. The van der Waals surface area contributed by atoms with E-state index in [0.717, 1.165) is 11.0 Å². The quantitative estimate of drug-likeness (QED) is 0.487. The number of amides is 2. The Labute approximate surface area is 133 Å². The van der Waals surface area contributed by atoms with Gasteiger partial charge < -0.3 is 4.74 Å². The largest absolute Gasteiger partial charge is 0.488 e. The van der Waals surface area contributed by atoms with Crippen molar-refractivity contribution in [2.24, 2.45) is 0 Å². The van der Waals surface area contributed by atoms with Crippen LogP contribution in [0.4, 0.5) is 10.1 Å². The fourth-order valence-electron chi connectivity index (χ4n) is 2.26. The summed E-state index contributed by atoms with van der Waals surface area (Å²) in [6.45, 7) is 7.05. The molecule has 0 bridgehead atoms. The normalized spacial score (nSPS) is 14.0. The van der Waals surface area contributed by atoms with Gasteiger partial charge in [0.2, 0.25) is 5.91 Å². The Bertz CT molecular complexity index is 771. The summed E-state index contributed by atoms with van der Waals surface area (Å²) < 4.78 is 19.6. The van der Waals surface area contributed by atoms with Gasteiger partial charge in [0.25, 0.3) is 5.91 Å². The predicted octanol–water partition coefficient (Wildman–Crippen LogP) is 2.86. The maximum Gasteiger partial charge on any atom is 0.261 e. The first-order valence-electron chi connectivity index (χ1n) is 6.91. The third-order valence-electron chi connectivity index (χ3n) is 3.41. The highest BCUT2D eigenvalue weighted by Gasteiger charge is 2.37. The molecule has 1 fully saturated rings. The summed E-state index contributed by atoms with van der Waals surface area (Å²) in [7, 11) is 0. The lowest BCUT2D eigenvalue weighted by molar-refractivity contribution is -0.120. The summed E-state index contributed by atoms with van der Waals surface area (Å²) >= 11 is 0. The van der Waals surface area contributed by atoms with Crippen LogP contribution in [0.2, 0.25) is 0 Å². The van der Waals surface area contributed by atoms with Gasteiger partial charge in [-0.3, -0.25) is 9.59 Å². The molecule has 0 atom stereocenters. The van der Waals surface area contributed by atoms with Gasteiger partial charge in [-0.1, -0.05) is 18.2 Å². The number of carbonyl (C=O) groups is 2. The van der Waals surface area contributed by atoms with Crippen molar-refractivity contribution >= 4 is 17.5 Å². The SMILES string of the molecule is C=CCOc1cc(N2C(=O)CC(=C(C)C)C2=O)c(F)cc1C#N. The fraction of sp³-hybridized carbons (Fsp3) is 0.235. The van der Waals surface area contributed by atoms with Crippen LogP contribution in [0, 0.1) is 17.1 Å². The van der Waals surface area contributed by atoms with Gasteiger partial charge >= 0.3 is 0 Å². The molecular weight excluding hydrogens is 299 g/mol. The van der Waals surface area contributed by atoms with E-state index < -0.39 is 17.6 Å². The zero-order valence-electron chi connectivity index (χ0n) is 12.9. The van der Waals surface area contributed by atoms with Gasteiger partial charge in [-0.2, -0.15) is 5.26 Å². The zero-order chi connectivity index (χ0) is 17.1. The number of nitrogens with zero attached hydrogens (tertiary/aromatic N) is 2. The smallest absolute Gasteiger partial charge is 0.261 e. The van der Waals surface area contributed by atoms with E-state index in [9.17, 15) is 14.0 Å². The Morgan fingerprint density at radius 1 is 1.48 bits per heavy atom. The number of halogens is 1. The molecule has 0 saturated carbocycles. The molecule has 0 N–H and O–H groups in total. The lowest BCUT2D eigenvalue weighted by Crippen LogP contribution is -2.30. The minimum atomic E-state index is -0.829. The van der Waals surface area contributed by atoms with Crippen LogP contribution in [-0.4, -0.2) is 18.4 Å². The molecule has 0 aliphatic carbocycles. The lowest BCUT2D eigenvalue weighted by Gasteiger charge is -2.16. The summed E-state index contributed by atoms with van der Waals surface area (Å²) in [6, 6.07) is 3.96. The van der Waals surface area contributed by atoms with Gasteiger partial charge in [-0.15, -0.1) is 0 Å². The van der Waals surface area contributed by atoms with E-state index in [2.05, 4.69) is 6.58 Å². The second-order valence-corrected chi connectivity index (χ2v) is 5.20. The highest BCUT2D eigenvalue weighted by atomic mass is 19.1. The van der Waals surface area contributed by atoms with Crippen molar-refractivity contribution in [2.75, 3.05) is 11.5 Å². The molecule has 1 aromatic carbocycles. The number of ether oxygens (including phenoxy) is 1. The van der Waals surface area contributed by atoms with E-state index in [4.69, 9.17) is 10.00 Å². The van der Waals surface area contributed by atoms with Gasteiger partial charge in [-0.05, 0) is 19.9 Å². The van der Waals surface area contributed by atoms with Crippen LogP contribution in [0.5, 0.6) is 5.75 Å². The van der Waals surface area contributed by atoms with Crippen LogP contribution >= 0.6 is 0 Å². The standard InChI is InChI=1S/C17H15FN2O3/c1-4-5-23-15-8-14(13(18)6-11(15)9-19)20-16(21)7-12(10(2)3)17(20)22/h4,6,8H,1,5,7H2,2-3H3. The highest BCUT2D eigenvalue weighted by molar-refractivity contribution is 6.28. The van der Waals surface area contributed by atoms with Crippen molar-refractivity contribution in [3.8, 4) is 11.8 Å². The van der Waals surface area contributed by atoms with E-state index >= 15 is 0 Å². The first-order valence-corrected chi connectivity index (χ1v) is 6.91. The molecule has 1 aromatic rings. The molecule has 23 heavy (non-hydrogen) atoms. The molecule has 1 heterocycles. The Kier molecular flexibility index (Phi) is 4.60. The van der Waals surface area contributed by atoms with E-state index in [0.29, 0.717) is 11.1 Å². The molecule has 5 nitrogen and oxygen atoms in total. The molecule has 2 rings (SSSR count). The van der Waals surface area contributed by atoms with Crippen molar-refractivity contribution in [2.45, 2.75) is 20.3 Å². The van der Waals surface area contributed by atoms with Crippen molar-refractivity contribution in [3.05, 3.63) is 47.3 Å². The van der Waals surface area contributed by atoms with Gasteiger partial charge in [0.05, 0.1) is 17.7 Å². The van der Waals surface area contributed by atoms with Crippen molar-refractivity contribution in [1.29, 1.82) is 5.26 Å². The van der Waals surface area contributed by atoms with Gasteiger partial charge in [0.1, 0.15) is 24.2 Å². The second-order valence-electron chi connectivity index (χ2n) is 5.20. The summed E-state index contributed by atoms with van der Waals surface area (Å²) in [4.78, 5) is 25.3. The molecule has 1 saturated heterocycles. The first-order chi connectivity index (χ1) is 10.9. The van der Waals surface area contributed by atoms with Crippen LogP contribution in [0.15, 0.2) is 35.9 Å². The van der Waals surface area contributed by atoms with Gasteiger partial charge in [0, 0.05) is 11.6 Å². The maximum atomic E-state index is 14.3. The number of imide groups is 1. The summed E-state index contributed by atoms with van der Waals surface area (Å²) in [6.07, 6.45) is 1.40. The van der Waals surface area contributed by atoms with Gasteiger partial charge in [-0.25, -0.2) is 9.29 Å². The summed E-state index contributed by atoms with van der Waals surface area (Å²) in [5, 5.41) is 9.04. The highest BCUT2D eigenvalue weighted by Crippen LogP contribution is 2.34.